The zero-order chi connectivity index (χ0) is 12.1. The maximum absolute atomic E-state index is 5.13. The fourth-order valence-electron chi connectivity index (χ4n) is 2.19. The maximum atomic E-state index is 5.13. The molecule has 1 aromatic carbocycles. The monoisotopic (exact) mass is 228 g/mol. The average Bonchev–Trinajstić information content (AvgIpc) is 2.40. The van der Waals surface area contributed by atoms with Crippen molar-refractivity contribution in [2.75, 3.05) is 13.7 Å². The van der Waals surface area contributed by atoms with E-state index in [-0.39, 0.29) is 0 Å². The Bertz CT molecular complexity index is 412. The number of rotatable bonds is 4. The molecule has 0 amide bonds. The van der Waals surface area contributed by atoms with Crippen LogP contribution in [0.15, 0.2) is 48.1 Å². The van der Waals surface area contributed by atoms with E-state index in [0.717, 1.165) is 19.4 Å². The second-order valence-corrected chi connectivity index (χ2v) is 4.51. The van der Waals surface area contributed by atoms with Gasteiger partial charge in [0.15, 0.2) is 0 Å². The predicted octanol–water partition coefficient (Wildman–Crippen LogP) is 3.87. The molecule has 0 aromatic heterocycles. The van der Waals surface area contributed by atoms with Gasteiger partial charge in [-0.2, -0.15) is 0 Å². The van der Waals surface area contributed by atoms with Gasteiger partial charge in [-0.1, -0.05) is 49.4 Å². The van der Waals surface area contributed by atoms with Crippen LogP contribution in [0, 0.1) is 0 Å². The highest BCUT2D eigenvalue weighted by Crippen LogP contribution is 2.27. The molecular weight excluding hydrogens is 208 g/mol. The molecule has 0 saturated carbocycles. The van der Waals surface area contributed by atoms with Crippen LogP contribution in [0.2, 0.25) is 0 Å². The third-order valence-corrected chi connectivity index (χ3v) is 3.30. The van der Waals surface area contributed by atoms with Crippen LogP contribution in [-0.4, -0.2) is 13.7 Å². The Labute approximate surface area is 104 Å². The Morgan fingerprint density at radius 3 is 2.53 bits per heavy atom. The topological polar surface area (TPSA) is 9.23 Å². The highest BCUT2D eigenvalue weighted by Gasteiger charge is 2.10. The molecule has 1 aromatic rings. The zero-order valence-electron chi connectivity index (χ0n) is 10.6. The molecule has 0 saturated heterocycles. The van der Waals surface area contributed by atoms with Gasteiger partial charge in [0, 0.05) is 13.0 Å². The lowest BCUT2D eigenvalue weighted by Crippen LogP contribution is -2.01. The van der Waals surface area contributed by atoms with Crippen molar-refractivity contribution >= 4 is 0 Å². The van der Waals surface area contributed by atoms with Gasteiger partial charge in [-0.05, 0) is 29.5 Å². The summed E-state index contributed by atoms with van der Waals surface area (Å²) < 4.78 is 5.13. The van der Waals surface area contributed by atoms with Gasteiger partial charge in [-0.15, -0.1) is 0 Å². The minimum absolute atomic E-state index is 0.529. The highest BCUT2D eigenvalue weighted by molar-refractivity contribution is 5.34. The van der Waals surface area contributed by atoms with E-state index >= 15 is 0 Å². The summed E-state index contributed by atoms with van der Waals surface area (Å²) in [6.07, 6.45) is 8.95. The SMILES string of the molecule is CCc1ccc(C2C=CC(COC)=CC2)cc1. The smallest absolute Gasteiger partial charge is 0.0709 e. The first-order valence-electron chi connectivity index (χ1n) is 6.28. The zero-order valence-corrected chi connectivity index (χ0v) is 10.6. The number of aryl methyl sites for hydroxylation is 1. The standard InChI is InChI=1S/C16H20O/c1-3-13-4-8-15(9-5-13)16-10-6-14(7-11-16)12-17-2/h4-10,16H,3,11-12H2,1-2H3. The number of methoxy groups -OCH3 is 1. The van der Waals surface area contributed by atoms with Crippen molar-refractivity contribution in [3.63, 3.8) is 0 Å². The second kappa shape index (κ2) is 5.83. The summed E-state index contributed by atoms with van der Waals surface area (Å²) in [7, 11) is 1.74. The number of allylic oxidation sites excluding steroid dienone is 2. The number of hydrogen-bond donors (Lipinski definition) is 0. The summed E-state index contributed by atoms with van der Waals surface area (Å²) in [4.78, 5) is 0. The molecule has 0 bridgehead atoms. The van der Waals surface area contributed by atoms with Gasteiger partial charge in [-0.3, -0.25) is 0 Å². The normalized spacial score (nSPS) is 19.2. The molecule has 17 heavy (non-hydrogen) atoms. The molecule has 1 aliphatic rings. The Balaban J connectivity index is 2.03. The summed E-state index contributed by atoms with van der Waals surface area (Å²) in [6, 6.07) is 8.97. The van der Waals surface area contributed by atoms with Gasteiger partial charge in [0.25, 0.3) is 0 Å². The van der Waals surface area contributed by atoms with Crippen LogP contribution in [0.5, 0.6) is 0 Å². The first-order chi connectivity index (χ1) is 8.33. The van der Waals surface area contributed by atoms with Gasteiger partial charge < -0.3 is 4.74 Å². The van der Waals surface area contributed by atoms with Crippen LogP contribution in [0.3, 0.4) is 0 Å². The summed E-state index contributed by atoms with van der Waals surface area (Å²) >= 11 is 0. The van der Waals surface area contributed by atoms with Crippen LogP contribution in [-0.2, 0) is 11.2 Å². The average molecular weight is 228 g/mol. The molecular formula is C16H20O. The molecule has 0 spiro atoms. The third kappa shape index (κ3) is 3.07. The van der Waals surface area contributed by atoms with Gasteiger partial charge in [0.2, 0.25) is 0 Å². The molecule has 0 N–H and O–H groups in total. The molecule has 0 aliphatic heterocycles. The quantitative estimate of drug-likeness (QED) is 0.760. The summed E-state index contributed by atoms with van der Waals surface area (Å²) in [6.45, 7) is 2.91. The number of hydrogen-bond acceptors (Lipinski definition) is 1. The Morgan fingerprint density at radius 1 is 1.24 bits per heavy atom. The van der Waals surface area contributed by atoms with Gasteiger partial charge >= 0.3 is 0 Å². The molecule has 2 rings (SSSR count). The van der Waals surface area contributed by atoms with Crippen molar-refractivity contribution in [3.05, 3.63) is 59.2 Å². The molecule has 0 radical (unpaired) electrons. The fourth-order valence-corrected chi connectivity index (χ4v) is 2.19. The number of benzene rings is 1. The molecule has 1 aliphatic carbocycles. The van der Waals surface area contributed by atoms with Crippen LogP contribution < -0.4 is 0 Å². The molecule has 90 valence electrons. The van der Waals surface area contributed by atoms with E-state index in [9.17, 15) is 0 Å². The van der Waals surface area contributed by atoms with E-state index < -0.39 is 0 Å². The van der Waals surface area contributed by atoms with E-state index in [1.807, 2.05) is 0 Å². The summed E-state index contributed by atoms with van der Waals surface area (Å²) in [5.41, 5.74) is 4.10. The highest BCUT2D eigenvalue weighted by atomic mass is 16.5. The van der Waals surface area contributed by atoms with E-state index in [0.29, 0.717) is 5.92 Å². The van der Waals surface area contributed by atoms with Crippen LogP contribution in [0.4, 0.5) is 0 Å². The lowest BCUT2D eigenvalue weighted by atomic mass is 9.90. The van der Waals surface area contributed by atoms with Crippen molar-refractivity contribution in [2.45, 2.75) is 25.7 Å². The van der Waals surface area contributed by atoms with E-state index in [4.69, 9.17) is 4.74 Å². The molecule has 0 fully saturated rings. The molecule has 0 heterocycles. The summed E-state index contributed by atoms with van der Waals surface area (Å²) in [5.74, 6) is 0.529. The van der Waals surface area contributed by atoms with Crippen LogP contribution in [0.1, 0.15) is 30.4 Å². The second-order valence-electron chi connectivity index (χ2n) is 4.51. The van der Waals surface area contributed by atoms with Gasteiger partial charge in [-0.25, -0.2) is 0 Å². The lowest BCUT2D eigenvalue weighted by Gasteiger charge is -2.16. The van der Waals surface area contributed by atoms with E-state index in [1.54, 1.807) is 7.11 Å². The largest absolute Gasteiger partial charge is 0.380 e. The third-order valence-electron chi connectivity index (χ3n) is 3.30. The van der Waals surface area contributed by atoms with Crippen molar-refractivity contribution in [2.24, 2.45) is 0 Å². The first-order valence-corrected chi connectivity index (χ1v) is 6.28. The predicted molar refractivity (Wildman–Crippen MR) is 72.3 cm³/mol. The van der Waals surface area contributed by atoms with Gasteiger partial charge in [0.1, 0.15) is 0 Å². The van der Waals surface area contributed by atoms with Crippen molar-refractivity contribution in [1.82, 2.24) is 0 Å². The van der Waals surface area contributed by atoms with Crippen molar-refractivity contribution in [3.8, 4) is 0 Å². The molecule has 1 unspecified atom stereocenters. The van der Waals surface area contributed by atoms with Gasteiger partial charge in [0.05, 0.1) is 6.61 Å². The minimum atomic E-state index is 0.529. The summed E-state index contributed by atoms with van der Waals surface area (Å²) in [5, 5.41) is 0. The fraction of sp³-hybridized carbons (Fsp3) is 0.375. The maximum Gasteiger partial charge on any atom is 0.0709 e. The van der Waals surface area contributed by atoms with Crippen molar-refractivity contribution < 1.29 is 4.74 Å². The van der Waals surface area contributed by atoms with Crippen LogP contribution in [0.25, 0.3) is 0 Å². The molecule has 1 heteroatoms. The first kappa shape index (κ1) is 12.1. The van der Waals surface area contributed by atoms with Crippen LogP contribution >= 0.6 is 0 Å². The Kier molecular flexibility index (Phi) is 4.16. The molecule has 1 atom stereocenters. The lowest BCUT2D eigenvalue weighted by molar-refractivity contribution is 0.227. The van der Waals surface area contributed by atoms with E-state index in [1.165, 1.54) is 16.7 Å². The number of ether oxygens (including phenoxy) is 1. The van der Waals surface area contributed by atoms with Crippen molar-refractivity contribution in [1.29, 1.82) is 0 Å². The molecule has 1 nitrogen and oxygen atoms in total. The van der Waals surface area contributed by atoms with E-state index in [2.05, 4.69) is 49.4 Å². The Hall–Kier alpha value is -1.34. The Morgan fingerprint density at radius 2 is 2.00 bits per heavy atom. The minimum Gasteiger partial charge on any atom is -0.380 e.